The van der Waals surface area contributed by atoms with Crippen LogP contribution < -0.4 is 11.3 Å². The van der Waals surface area contributed by atoms with E-state index >= 15 is 0 Å². The fraction of sp³-hybridized carbons (Fsp3) is 0.909. The van der Waals surface area contributed by atoms with E-state index in [0.29, 0.717) is 6.04 Å². The summed E-state index contributed by atoms with van der Waals surface area (Å²) in [4.78, 5) is 6.59. The molecular formula is C11H26N4. The molecule has 0 saturated carbocycles. The summed E-state index contributed by atoms with van der Waals surface area (Å²) in [5, 5.41) is 0. The zero-order valence-corrected chi connectivity index (χ0v) is 10.6. The van der Waals surface area contributed by atoms with Crippen LogP contribution in [0.1, 0.15) is 46.5 Å². The second kappa shape index (κ2) is 8.53. The van der Waals surface area contributed by atoms with Gasteiger partial charge in [0.1, 0.15) is 0 Å². The van der Waals surface area contributed by atoms with Crippen LogP contribution in [0.2, 0.25) is 0 Å². The lowest BCUT2D eigenvalue weighted by molar-refractivity contribution is 0.334. The van der Waals surface area contributed by atoms with Crippen molar-refractivity contribution in [1.29, 1.82) is 0 Å². The average molecular weight is 214 g/mol. The summed E-state index contributed by atoms with van der Waals surface area (Å²) in [5.74, 6) is 6.28. The van der Waals surface area contributed by atoms with Crippen LogP contribution >= 0.6 is 0 Å². The van der Waals surface area contributed by atoms with E-state index in [9.17, 15) is 0 Å². The van der Waals surface area contributed by atoms with Crippen molar-refractivity contribution < 1.29 is 0 Å². The Labute approximate surface area is 93.9 Å². The molecule has 0 aliphatic rings. The van der Waals surface area contributed by atoms with E-state index in [0.717, 1.165) is 38.2 Å². The number of nitrogens with zero attached hydrogens (tertiary/aromatic N) is 2. The number of rotatable bonds is 6. The average Bonchev–Trinajstić information content (AvgIpc) is 2.26. The highest BCUT2D eigenvalue weighted by atomic mass is 15.4. The highest BCUT2D eigenvalue weighted by Crippen LogP contribution is 2.06. The van der Waals surface area contributed by atoms with Gasteiger partial charge in [-0.25, -0.2) is 5.84 Å². The first kappa shape index (κ1) is 14.2. The number of aliphatic imine (C=N–C) groups is 1. The topological polar surface area (TPSA) is 53.6 Å². The highest BCUT2D eigenvalue weighted by molar-refractivity contribution is 5.79. The fourth-order valence-electron chi connectivity index (χ4n) is 1.61. The maximum atomic E-state index is 5.48. The van der Waals surface area contributed by atoms with Crippen LogP contribution in [0.15, 0.2) is 4.99 Å². The molecule has 0 amide bonds. The normalized spacial score (nSPS) is 12.0. The predicted octanol–water partition coefficient (Wildman–Crippen LogP) is 1.73. The van der Waals surface area contributed by atoms with Gasteiger partial charge in [-0.1, -0.05) is 27.2 Å². The summed E-state index contributed by atoms with van der Waals surface area (Å²) in [5.41, 5.74) is 2.69. The van der Waals surface area contributed by atoms with Crippen molar-refractivity contribution in [1.82, 2.24) is 10.3 Å². The molecular weight excluding hydrogens is 188 g/mol. The highest BCUT2D eigenvalue weighted by Gasteiger charge is 2.13. The first-order valence-electron chi connectivity index (χ1n) is 5.95. The second-order valence-electron chi connectivity index (χ2n) is 3.78. The minimum Gasteiger partial charge on any atom is -0.342 e. The summed E-state index contributed by atoms with van der Waals surface area (Å²) < 4.78 is 0. The standard InChI is InChI=1S/C11H26N4/c1-5-8-9-13-11(14-12)15(4)10(6-2)7-3/h10H,5-9,12H2,1-4H3,(H,13,14). The monoisotopic (exact) mass is 214 g/mol. The Morgan fingerprint density at radius 2 is 1.93 bits per heavy atom. The Hall–Kier alpha value is -0.770. The molecule has 0 fully saturated rings. The molecule has 0 aromatic heterocycles. The molecule has 4 heteroatoms. The summed E-state index contributed by atoms with van der Waals surface area (Å²) in [6.07, 6.45) is 4.50. The zero-order chi connectivity index (χ0) is 11.7. The van der Waals surface area contributed by atoms with Crippen LogP contribution in [0, 0.1) is 0 Å². The summed E-state index contributed by atoms with van der Waals surface area (Å²) in [7, 11) is 2.04. The number of hydrogen-bond acceptors (Lipinski definition) is 2. The molecule has 0 bridgehead atoms. The van der Waals surface area contributed by atoms with Gasteiger partial charge in [-0.2, -0.15) is 0 Å². The van der Waals surface area contributed by atoms with Gasteiger partial charge in [-0.3, -0.25) is 10.4 Å². The minimum atomic E-state index is 0.515. The largest absolute Gasteiger partial charge is 0.342 e. The number of unbranched alkanes of at least 4 members (excludes halogenated alkanes) is 1. The number of hydrogen-bond donors (Lipinski definition) is 2. The Balaban J connectivity index is 4.30. The summed E-state index contributed by atoms with van der Waals surface area (Å²) in [6, 6.07) is 0.515. The molecule has 0 saturated heterocycles. The lowest BCUT2D eigenvalue weighted by Crippen LogP contribution is -2.47. The molecule has 0 aliphatic carbocycles. The Morgan fingerprint density at radius 3 is 2.33 bits per heavy atom. The molecule has 15 heavy (non-hydrogen) atoms. The van der Waals surface area contributed by atoms with Gasteiger partial charge in [0.2, 0.25) is 5.96 Å². The maximum Gasteiger partial charge on any atom is 0.208 e. The zero-order valence-electron chi connectivity index (χ0n) is 10.6. The van der Waals surface area contributed by atoms with Crippen molar-refractivity contribution in [3.05, 3.63) is 0 Å². The van der Waals surface area contributed by atoms with Crippen molar-refractivity contribution in [3.8, 4) is 0 Å². The SMILES string of the molecule is CCCCN=C(NN)N(C)C(CC)CC. The lowest BCUT2D eigenvalue weighted by Gasteiger charge is -2.28. The van der Waals surface area contributed by atoms with Gasteiger partial charge < -0.3 is 4.90 Å². The molecule has 0 unspecified atom stereocenters. The Kier molecular flexibility index (Phi) is 8.09. The van der Waals surface area contributed by atoms with Crippen LogP contribution in [0.3, 0.4) is 0 Å². The first-order chi connectivity index (χ1) is 7.21. The van der Waals surface area contributed by atoms with Gasteiger partial charge >= 0.3 is 0 Å². The Morgan fingerprint density at radius 1 is 1.33 bits per heavy atom. The van der Waals surface area contributed by atoms with Crippen LogP contribution in [-0.4, -0.2) is 30.5 Å². The number of guanidine groups is 1. The molecule has 0 aromatic carbocycles. The van der Waals surface area contributed by atoms with E-state index in [1.165, 1.54) is 0 Å². The van der Waals surface area contributed by atoms with E-state index < -0.39 is 0 Å². The molecule has 0 heterocycles. The smallest absolute Gasteiger partial charge is 0.208 e. The van der Waals surface area contributed by atoms with Gasteiger partial charge in [0.05, 0.1) is 0 Å². The van der Waals surface area contributed by atoms with Crippen molar-refractivity contribution in [2.75, 3.05) is 13.6 Å². The number of nitrogens with two attached hydrogens (primary N) is 1. The third kappa shape index (κ3) is 5.02. The van der Waals surface area contributed by atoms with Gasteiger partial charge in [-0.15, -0.1) is 0 Å². The van der Waals surface area contributed by atoms with E-state index in [1.54, 1.807) is 0 Å². The number of hydrazine groups is 1. The van der Waals surface area contributed by atoms with Crippen LogP contribution in [-0.2, 0) is 0 Å². The third-order valence-electron chi connectivity index (χ3n) is 2.73. The van der Waals surface area contributed by atoms with Gasteiger partial charge in [-0.05, 0) is 19.3 Å². The van der Waals surface area contributed by atoms with E-state index in [2.05, 4.69) is 36.1 Å². The van der Waals surface area contributed by atoms with Gasteiger partial charge in [0.15, 0.2) is 0 Å². The van der Waals surface area contributed by atoms with E-state index in [1.807, 2.05) is 7.05 Å². The molecule has 0 rings (SSSR count). The molecule has 90 valence electrons. The summed E-state index contributed by atoms with van der Waals surface area (Å²) >= 11 is 0. The van der Waals surface area contributed by atoms with E-state index in [4.69, 9.17) is 5.84 Å². The number of nitrogens with one attached hydrogen (secondary N) is 1. The molecule has 0 spiro atoms. The minimum absolute atomic E-state index is 0.515. The van der Waals surface area contributed by atoms with E-state index in [-0.39, 0.29) is 0 Å². The van der Waals surface area contributed by atoms with Crippen LogP contribution in [0.25, 0.3) is 0 Å². The quantitative estimate of drug-likeness (QED) is 0.233. The lowest BCUT2D eigenvalue weighted by atomic mass is 10.1. The van der Waals surface area contributed by atoms with Gasteiger partial charge in [0.25, 0.3) is 0 Å². The molecule has 4 nitrogen and oxygen atoms in total. The van der Waals surface area contributed by atoms with Crippen molar-refractivity contribution >= 4 is 5.96 Å². The molecule has 0 aliphatic heterocycles. The third-order valence-corrected chi connectivity index (χ3v) is 2.73. The van der Waals surface area contributed by atoms with Crippen molar-refractivity contribution in [3.63, 3.8) is 0 Å². The molecule has 0 radical (unpaired) electrons. The summed E-state index contributed by atoms with van der Waals surface area (Å²) in [6.45, 7) is 7.38. The van der Waals surface area contributed by atoms with Crippen molar-refractivity contribution in [2.45, 2.75) is 52.5 Å². The van der Waals surface area contributed by atoms with Crippen LogP contribution in [0.5, 0.6) is 0 Å². The molecule has 0 aromatic rings. The van der Waals surface area contributed by atoms with Crippen LogP contribution in [0.4, 0.5) is 0 Å². The van der Waals surface area contributed by atoms with Crippen molar-refractivity contribution in [2.24, 2.45) is 10.8 Å². The maximum absolute atomic E-state index is 5.48. The predicted molar refractivity (Wildman–Crippen MR) is 66.7 cm³/mol. The van der Waals surface area contributed by atoms with Gasteiger partial charge in [0, 0.05) is 19.6 Å². The second-order valence-corrected chi connectivity index (χ2v) is 3.78. The molecule has 3 N–H and O–H groups in total. The molecule has 0 atom stereocenters. The Bertz CT molecular complexity index is 175. The fourth-order valence-corrected chi connectivity index (χ4v) is 1.61. The first-order valence-corrected chi connectivity index (χ1v) is 5.95.